The quantitative estimate of drug-likeness (QED) is 0.853. The Labute approximate surface area is 105 Å². The molecule has 0 aliphatic carbocycles. The largest absolute Gasteiger partial charge is 0.488 e. The number of thiophene rings is 1. The molecule has 3 nitrogen and oxygen atoms in total. The van der Waals surface area contributed by atoms with E-state index in [4.69, 9.17) is 4.74 Å². The van der Waals surface area contributed by atoms with E-state index in [0.717, 1.165) is 24.5 Å². The molecule has 2 rings (SSSR count). The van der Waals surface area contributed by atoms with Gasteiger partial charge in [-0.05, 0) is 24.1 Å². The summed E-state index contributed by atoms with van der Waals surface area (Å²) in [4.78, 5) is 5.51. The lowest BCUT2D eigenvalue weighted by Gasteiger charge is -2.06. The first-order valence-corrected chi connectivity index (χ1v) is 6.57. The first kappa shape index (κ1) is 12.1. The number of rotatable bonds is 6. The second-order valence-corrected chi connectivity index (χ2v) is 4.66. The molecular weight excluding hydrogens is 232 g/mol. The second kappa shape index (κ2) is 6.37. The van der Waals surface area contributed by atoms with Gasteiger partial charge in [-0.3, -0.25) is 4.98 Å². The Bertz CT molecular complexity index is 442. The normalized spacial score (nSPS) is 10.4. The van der Waals surface area contributed by atoms with Gasteiger partial charge in [0.15, 0.2) is 0 Å². The highest BCUT2D eigenvalue weighted by atomic mass is 32.1. The molecule has 0 aliphatic heterocycles. The van der Waals surface area contributed by atoms with E-state index in [2.05, 4.69) is 28.7 Å². The average Bonchev–Trinajstić information content (AvgIpc) is 2.87. The number of aromatic nitrogens is 1. The third kappa shape index (κ3) is 3.84. The van der Waals surface area contributed by atoms with Crippen LogP contribution >= 0.6 is 11.3 Å². The average molecular weight is 248 g/mol. The molecule has 0 aromatic carbocycles. The van der Waals surface area contributed by atoms with E-state index in [0.29, 0.717) is 6.61 Å². The van der Waals surface area contributed by atoms with Crippen molar-refractivity contribution >= 4 is 11.3 Å². The molecule has 0 fully saturated rings. The second-order valence-electron chi connectivity index (χ2n) is 3.63. The highest BCUT2D eigenvalue weighted by Gasteiger charge is 1.99. The molecule has 4 heteroatoms. The van der Waals surface area contributed by atoms with E-state index in [9.17, 15) is 0 Å². The molecule has 1 N–H and O–H groups in total. The van der Waals surface area contributed by atoms with Crippen LogP contribution in [0.5, 0.6) is 5.75 Å². The molecule has 0 atom stereocenters. The standard InChI is InChI=1S/C13H16N2OS/c1-2-14-9-11-8-12(5-6-15-11)16-10-13-4-3-7-17-13/h3-8,14H,2,9-10H2,1H3. The van der Waals surface area contributed by atoms with Crippen LogP contribution in [0.2, 0.25) is 0 Å². The summed E-state index contributed by atoms with van der Waals surface area (Å²) in [6, 6.07) is 7.98. The van der Waals surface area contributed by atoms with Gasteiger partial charge < -0.3 is 10.1 Å². The van der Waals surface area contributed by atoms with Crippen molar-refractivity contribution in [2.75, 3.05) is 6.54 Å². The summed E-state index contributed by atoms with van der Waals surface area (Å²) < 4.78 is 5.71. The number of nitrogens with one attached hydrogen (secondary N) is 1. The lowest BCUT2D eigenvalue weighted by atomic mass is 10.3. The zero-order chi connectivity index (χ0) is 11.9. The van der Waals surface area contributed by atoms with Crippen molar-refractivity contribution in [1.29, 1.82) is 0 Å². The zero-order valence-corrected chi connectivity index (χ0v) is 10.7. The molecule has 0 bridgehead atoms. The molecule has 0 saturated carbocycles. The minimum absolute atomic E-state index is 0.627. The van der Waals surface area contributed by atoms with Crippen LogP contribution in [0.15, 0.2) is 35.8 Å². The van der Waals surface area contributed by atoms with Gasteiger partial charge >= 0.3 is 0 Å². The van der Waals surface area contributed by atoms with Crippen LogP contribution in [0.3, 0.4) is 0 Å². The Morgan fingerprint density at radius 1 is 1.41 bits per heavy atom. The number of hydrogen-bond acceptors (Lipinski definition) is 4. The van der Waals surface area contributed by atoms with E-state index in [-0.39, 0.29) is 0 Å². The highest BCUT2D eigenvalue weighted by Crippen LogP contribution is 2.15. The predicted molar refractivity (Wildman–Crippen MR) is 70.3 cm³/mol. The molecule has 0 spiro atoms. The molecule has 0 radical (unpaired) electrons. The molecule has 17 heavy (non-hydrogen) atoms. The Kier molecular flexibility index (Phi) is 4.53. The summed E-state index contributed by atoms with van der Waals surface area (Å²) in [5, 5.41) is 5.30. The summed E-state index contributed by atoms with van der Waals surface area (Å²) >= 11 is 1.71. The summed E-state index contributed by atoms with van der Waals surface area (Å²) in [5.74, 6) is 0.876. The van der Waals surface area contributed by atoms with Crippen LogP contribution in [-0.4, -0.2) is 11.5 Å². The Morgan fingerprint density at radius 2 is 2.35 bits per heavy atom. The van der Waals surface area contributed by atoms with Crippen molar-refractivity contribution in [3.8, 4) is 5.75 Å². The summed E-state index contributed by atoms with van der Waals surface area (Å²) in [6.45, 7) is 4.44. The maximum atomic E-state index is 5.71. The molecule has 0 saturated heterocycles. The van der Waals surface area contributed by atoms with Gasteiger partial charge in [-0.25, -0.2) is 0 Å². The molecule has 0 aliphatic rings. The van der Waals surface area contributed by atoms with Gasteiger partial charge in [-0.15, -0.1) is 11.3 Å². The van der Waals surface area contributed by atoms with Crippen molar-refractivity contribution in [1.82, 2.24) is 10.3 Å². The maximum Gasteiger partial charge on any atom is 0.123 e. The van der Waals surface area contributed by atoms with Crippen LogP contribution in [0.25, 0.3) is 0 Å². The molecule has 2 heterocycles. The lowest BCUT2D eigenvalue weighted by molar-refractivity contribution is 0.309. The van der Waals surface area contributed by atoms with Crippen LogP contribution in [0.4, 0.5) is 0 Å². The van der Waals surface area contributed by atoms with Crippen LogP contribution < -0.4 is 10.1 Å². The van der Waals surface area contributed by atoms with Crippen molar-refractivity contribution < 1.29 is 4.74 Å². The molecule has 2 aromatic heterocycles. The third-order valence-electron chi connectivity index (χ3n) is 2.31. The van der Waals surface area contributed by atoms with Crippen LogP contribution in [0.1, 0.15) is 17.5 Å². The van der Waals surface area contributed by atoms with Gasteiger partial charge in [0, 0.05) is 23.7 Å². The molecule has 0 amide bonds. The van der Waals surface area contributed by atoms with Gasteiger partial charge in [0.25, 0.3) is 0 Å². The van der Waals surface area contributed by atoms with Crippen LogP contribution in [-0.2, 0) is 13.2 Å². The van der Waals surface area contributed by atoms with Crippen LogP contribution in [0, 0.1) is 0 Å². The van der Waals surface area contributed by atoms with E-state index >= 15 is 0 Å². The van der Waals surface area contributed by atoms with Crippen molar-refractivity contribution in [2.24, 2.45) is 0 Å². The monoisotopic (exact) mass is 248 g/mol. The molecule has 0 unspecified atom stereocenters. The van der Waals surface area contributed by atoms with Gasteiger partial charge in [-0.2, -0.15) is 0 Å². The first-order chi connectivity index (χ1) is 8.38. The summed E-state index contributed by atoms with van der Waals surface area (Å²) in [5.41, 5.74) is 1.01. The maximum absolute atomic E-state index is 5.71. The van der Waals surface area contributed by atoms with Crippen molar-refractivity contribution in [3.05, 3.63) is 46.4 Å². The molecular formula is C13H16N2OS. The minimum atomic E-state index is 0.627. The van der Waals surface area contributed by atoms with E-state index in [1.807, 2.05) is 18.2 Å². The number of nitrogens with zero attached hydrogens (tertiary/aromatic N) is 1. The van der Waals surface area contributed by atoms with E-state index < -0.39 is 0 Å². The smallest absolute Gasteiger partial charge is 0.123 e. The Hall–Kier alpha value is -1.39. The highest BCUT2D eigenvalue weighted by molar-refractivity contribution is 7.09. The fraction of sp³-hybridized carbons (Fsp3) is 0.308. The molecule has 2 aromatic rings. The predicted octanol–water partition coefficient (Wildman–Crippen LogP) is 2.83. The topological polar surface area (TPSA) is 34.1 Å². The molecule has 90 valence electrons. The van der Waals surface area contributed by atoms with Gasteiger partial charge in [0.1, 0.15) is 12.4 Å². The number of ether oxygens (including phenoxy) is 1. The van der Waals surface area contributed by atoms with E-state index in [1.54, 1.807) is 17.5 Å². The third-order valence-corrected chi connectivity index (χ3v) is 3.16. The SMILES string of the molecule is CCNCc1cc(OCc2cccs2)ccn1. The van der Waals surface area contributed by atoms with Crippen molar-refractivity contribution in [2.45, 2.75) is 20.1 Å². The first-order valence-electron chi connectivity index (χ1n) is 5.69. The fourth-order valence-corrected chi connectivity index (χ4v) is 2.06. The van der Waals surface area contributed by atoms with Gasteiger partial charge in [-0.1, -0.05) is 13.0 Å². The van der Waals surface area contributed by atoms with Gasteiger partial charge in [0.05, 0.1) is 5.69 Å². The lowest BCUT2D eigenvalue weighted by Crippen LogP contribution is -2.12. The fourth-order valence-electron chi connectivity index (χ4n) is 1.44. The number of pyridine rings is 1. The summed E-state index contributed by atoms with van der Waals surface area (Å²) in [6.07, 6.45) is 1.79. The zero-order valence-electron chi connectivity index (χ0n) is 9.85. The minimum Gasteiger partial charge on any atom is -0.488 e. The van der Waals surface area contributed by atoms with E-state index in [1.165, 1.54) is 4.88 Å². The number of hydrogen-bond donors (Lipinski definition) is 1. The summed E-state index contributed by atoms with van der Waals surface area (Å²) in [7, 11) is 0. The van der Waals surface area contributed by atoms with Crippen molar-refractivity contribution in [3.63, 3.8) is 0 Å². The Balaban J connectivity index is 1.91. The Morgan fingerprint density at radius 3 is 3.12 bits per heavy atom. The van der Waals surface area contributed by atoms with Gasteiger partial charge in [0.2, 0.25) is 0 Å².